The van der Waals surface area contributed by atoms with Crippen LogP contribution in [0.1, 0.15) is 11.1 Å². The lowest BCUT2D eigenvalue weighted by atomic mass is 10.1. The molecule has 0 unspecified atom stereocenters. The van der Waals surface area contributed by atoms with Crippen LogP contribution in [-0.2, 0) is 13.2 Å². The van der Waals surface area contributed by atoms with Crippen LogP contribution < -0.4 is 20.9 Å². The maximum absolute atomic E-state index is 5.86. The Hall–Kier alpha value is -3.14. The molecule has 0 bridgehead atoms. The Bertz CT molecular complexity index is 732. The standard InChI is InChI=1S/C20H20N2O2/c21-17-5-1-3-7-19(17)23-13-15-9-11-16(12-10-15)14-24-20-8-4-2-6-18(20)22/h1-12H,13-14,21-22H2. The van der Waals surface area contributed by atoms with Gasteiger partial charge in [-0.05, 0) is 35.4 Å². The number of hydrogen-bond acceptors (Lipinski definition) is 4. The highest BCUT2D eigenvalue weighted by molar-refractivity contribution is 5.52. The molecular weight excluding hydrogens is 300 g/mol. The van der Waals surface area contributed by atoms with Gasteiger partial charge in [0, 0.05) is 0 Å². The third-order valence-electron chi connectivity index (χ3n) is 3.65. The zero-order chi connectivity index (χ0) is 16.8. The van der Waals surface area contributed by atoms with E-state index in [0.29, 0.717) is 36.1 Å². The highest BCUT2D eigenvalue weighted by atomic mass is 16.5. The normalized spacial score (nSPS) is 10.3. The average Bonchev–Trinajstić information content (AvgIpc) is 2.61. The van der Waals surface area contributed by atoms with E-state index in [4.69, 9.17) is 20.9 Å². The van der Waals surface area contributed by atoms with Crippen LogP contribution in [-0.4, -0.2) is 0 Å². The van der Waals surface area contributed by atoms with E-state index in [1.807, 2.05) is 72.8 Å². The van der Waals surface area contributed by atoms with Crippen molar-refractivity contribution in [2.75, 3.05) is 11.5 Å². The van der Waals surface area contributed by atoms with E-state index in [1.54, 1.807) is 0 Å². The summed E-state index contributed by atoms with van der Waals surface area (Å²) in [6, 6.07) is 23.0. The van der Waals surface area contributed by atoms with Crippen LogP contribution in [0.2, 0.25) is 0 Å². The fourth-order valence-corrected chi connectivity index (χ4v) is 2.28. The Morgan fingerprint density at radius 3 is 1.29 bits per heavy atom. The first-order chi connectivity index (χ1) is 11.7. The molecule has 3 aromatic rings. The molecule has 24 heavy (non-hydrogen) atoms. The minimum Gasteiger partial charge on any atom is -0.487 e. The van der Waals surface area contributed by atoms with Crippen LogP contribution in [0.15, 0.2) is 72.8 Å². The SMILES string of the molecule is Nc1ccccc1OCc1ccc(COc2ccccc2N)cc1. The Morgan fingerprint density at radius 2 is 0.917 bits per heavy atom. The molecular formula is C20H20N2O2. The number of ether oxygens (including phenoxy) is 2. The molecule has 0 saturated carbocycles. The molecule has 0 heterocycles. The summed E-state index contributed by atoms with van der Waals surface area (Å²) in [7, 11) is 0. The number of benzene rings is 3. The minimum absolute atomic E-state index is 0.473. The highest BCUT2D eigenvalue weighted by Crippen LogP contribution is 2.22. The highest BCUT2D eigenvalue weighted by Gasteiger charge is 2.02. The molecule has 0 radical (unpaired) electrons. The quantitative estimate of drug-likeness (QED) is 0.673. The molecule has 0 aliphatic rings. The first-order valence-corrected chi connectivity index (χ1v) is 7.75. The first-order valence-electron chi connectivity index (χ1n) is 7.75. The van der Waals surface area contributed by atoms with Crippen molar-refractivity contribution < 1.29 is 9.47 Å². The fraction of sp³-hybridized carbons (Fsp3) is 0.100. The van der Waals surface area contributed by atoms with Gasteiger partial charge in [0.05, 0.1) is 11.4 Å². The van der Waals surface area contributed by atoms with Crippen molar-refractivity contribution in [3.8, 4) is 11.5 Å². The molecule has 4 nitrogen and oxygen atoms in total. The van der Waals surface area contributed by atoms with Crippen molar-refractivity contribution in [1.82, 2.24) is 0 Å². The Labute approximate surface area is 141 Å². The van der Waals surface area contributed by atoms with Gasteiger partial charge in [0.2, 0.25) is 0 Å². The van der Waals surface area contributed by atoms with Crippen molar-refractivity contribution in [2.24, 2.45) is 0 Å². The van der Waals surface area contributed by atoms with Crippen LogP contribution in [0.4, 0.5) is 11.4 Å². The van der Waals surface area contributed by atoms with Gasteiger partial charge >= 0.3 is 0 Å². The van der Waals surface area contributed by atoms with E-state index < -0.39 is 0 Å². The number of nitrogens with two attached hydrogens (primary N) is 2. The molecule has 0 aromatic heterocycles. The molecule has 4 N–H and O–H groups in total. The van der Waals surface area contributed by atoms with Crippen LogP contribution in [0.25, 0.3) is 0 Å². The number of para-hydroxylation sites is 4. The van der Waals surface area contributed by atoms with E-state index >= 15 is 0 Å². The molecule has 0 spiro atoms. The summed E-state index contributed by atoms with van der Waals surface area (Å²) in [5, 5.41) is 0. The maximum Gasteiger partial charge on any atom is 0.142 e. The minimum atomic E-state index is 0.473. The lowest BCUT2D eigenvalue weighted by molar-refractivity contribution is 0.304. The first kappa shape index (κ1) is 15.7. The number of rotatable bonds is 6. The molecule has 0 amide bonds. The van der Waals surface area contributed by atoms with E-state index in [0.717, 1.165) is 11.1 Å². The molecule has 3 rings (SSSR count). The van der Waals surface area contributed by atoms with Crippen molar-refractivity contribution in [3.05, 3.63) is 83.9 Å². The van der Waals surface area contributed by atoms with Crippen LogP contribution in [0.3, 0.4) is 0 Å². The van der Waals surface area contributed by atoms with Gasteiger partial charge < -0.3 is 20.9 Å². The third kappa shape index (κ3) is 3.98. The largest absolute Gasteiger partial charge is 0.487 e. The van der Waals surface area contributed by atoms with Gasteiger partial charge in [0.1, 0.15) is 24.7 Å². The van der Waals surface area contributed by atoms with E-state index in [-0.39, 0.29) is 0 Å². The summed E-state index contributed by atoms with van der Waals surface area (Å²) >= 11 is 0. The monoisotopic (exact) mass is 320 g/mol. The van der Waals surface area contributed by atoms with Crippen molar-refractivity contribution in [3.63, 3.8) is 0 Å². The van der Waals surface area contributed by atoms with Crippen LogP contribution in [0.5, 0.6) is 11.5 Å². The second-order valence-corrected chi connectivity index (χ2v) is 5.47. The molecule has 0 aliphatic carbocycles. The zero-order valence-electron chi connectivity index (χ0n) is 13.3. The lowest BCUT2D eigenvalue weighted by Gasteiger charge is -2.10. The predicted octanol–water partition coefficient (Wildman–Crippen LogP) is 4.01. The van der Waals surface area contributed by atoms with Gasteiger partial charge in [-0.25, -0.2) is 0 Å². The van der Waals surface area contributed by atoms with Gasteiger partial charge in [-0.1, -0.05) is 48.5 Å². The summed E-state index contributed by atoms with van der Waals surface area (Å²) < 4.78 is 11.5. The molecule has 0 fully saturated rings. The molecule has 0 saturated heterocycles. The maximum atomic E-state index is 5.86. The molecule has 0 atom stereocenters. The fourth-order valence-electron chi connectivity index (χ4n) is 2.28. The van der Waals surface area contributed by atoms with Gasteiger partial charge in [-0.15, -0.1) is 0 Å². The van der Waals surface area contributed by atoms with E-state index in [1.165, 1.54) is 0 Å². The van der Waals surface area contributed by atoms with Gasteiger partial charge in [0.15, 0.2) is 0 Å². The number of nitrogen functional groups attached to an aromatic ring is 2. The van der Waals surface area contributed by atoms with Crippen LogP contribution >= 0.6 is 0 Å². The number of hydrogen-bond donors (Lipinski definition) is 2. The van der Waals surface area contributed by atoms with E-state index in [9.17, 15) is 0 Å². The van der Waals surface area contributed by atoms with Crippen LogP contribution in [0, 0.1) is 0 Å². The lowest BCUT2D eigenvalue weighted by Crippen LogP contribution is -2.00. The average molecular weight is 320 g/mol. The van der Waals surface area contributed by atoms with E-state index in [2.05, 4.69) is 0 Å². The summed E-state index contributed by atoms with van der Waals surface area (Å²) in [5.41, 5.74) is 15.2. The predicted molar refractivity (Wildman–Crippen MR) is 96.8 cm³/mol. The molecule has 4 heteroatoms. The van der Waals surface area contributed by atoms with Crippen molar-refractivity contribution >= 4 is 11.4 Å². The van der Waals surface area contributed by atoms with Crippen molar-refractivity contribution in [2.45, 2.75) is 13.2 Å². The third-order valence-corrected chi connectivity index (χ3v) is 3.65. The molecule has 0 aliphatic heterocycles. The second-order valence-electron chi connectivity index (χ2n) is 5.47. The Morgan fingerprint density at radius 1 is 0.542 bits per heavy atom. The van der Waals surface area contributed by atoms with Crippen molar-refractivity contribution in [1.29, 1.82) is 0 Å². The van der Waals surface area contributed by atoms with Gasteiger partial charge in [-0.2, -0.15) is 0 Å². The zero-order valence-corrected chi connectivity index (χ0v) is 13.3. The summed E-state index contributed by atoms with van der Waals surface area (Å²) in [6.07, 6.45) is 0. The van der Waals surface area contributed by atoms with Gasteiger partial charge in [-0.3, -0.25) is 0 Å². The molecule has 122 valence electrons. The summed E-state index contributed by atoms with van der Waals surface area (Å²) in [6.45, 7) is 0.946. The number of anilines is 2. The Balaban J connectivity index is 1.55. The smallest absolute Gasteiger partial charge is 0.142 e. The topological polar surface area (TPSA) is 70.5 Å². The Kier molecular flexibility index (Phi) is 4.87. The second kappa shape index (κ2) is 7.42. The summed E-state index contributed by atoms with van der Waals surface area (Å²) in [5.74, 6) is 1.40. The summed E-state index contributed by atoms with van der Waals surface area (Å²) in [4.78, 5) is 0. The molecule has 3 aromatic carbocycles. The van der Waals surface area contributed by atoms with Gasteiger partial charge in [0.25, 0.3) is 0 Å².